The van der Waals surface area contributed by atoms with E-state index in [9.17, 15) is 0 Å². The molecule has 0 spiro atoms. The molecule has 5 heteroatoms. The summed E-state index contributed by atoms with van der Waals surface area (Å²) in [6.45, 7) is 0. The Labute approximate surface area is 81.6 Å². The SMILES string of the molecule is Cn1nccc1C(N)c1cncnc1. The number of aromatic nitrogens is 4. The fourth-order valence-corrected chi connectivity index (χ4v) is 1.33. The second-order valence-electron chi connectivity index (χ2n) is 3.03. The Balaban J connectivity index is 2.34. The first-order chi connectivity index (χ1) is 6.79. The number of aryl methyl sites for hydroxylation is 1. The number of nitrogens with two attached hydrogens (primary N) is 1. The molecule has 0 aromatic carbocycles. The normalized spacial score (nSPS) is 12.7. The molecule has 0 bridgehead atoms. The largest absolute Gasteiger partial charge is 0.319 e. The number of hydrogen-bond donors (Lipinski definition) is 1. The molecule has 2 N–H and O–H groups in total. The van der Waals surface area contributed by atoms with E-state index < -0.39 is 0 Å². The maximum atomic E-state index is 6.02. The molecule has 0 aliphatic rings. The molecule has 1 atom stereocenters. The summed E-state index contributed by atoms with van der Waals surface area (Å²) in [6, 6.07) is 1.67. The van der Waals surface area contributed by atoms with Crippen LogP contribution < -0.4 is 5.73 Å². The molecule has 0 saturated carbocycles. The second-order valence-corrected chi connectivity index (χ2v) is 3.03. The Hall–Kier alpha value is -1.75. The average Bonchev–Trinajstić information content (AvgIpc) is 2.65. The van der Waals surface area contributed by atoms with Crippen LogP contribution in [0.3, 0.4) is 0 Å². The molecule has 2 rings (SSSR count). The van der Waals surface area contributed by atoms with Gasteiger partial charge in [0.25, 0.3) is 0 Å². The summed E-state index contributed by atoms with van der Waals surface area (Å²) >= 11 is 0. The number of hydrogen-bond acceptors (Lipinski definition) is 4. The zero-order valence-corrected chi connectivity index (χ0v) is 7.83. The molecule has 0 fully saturated rings. The van der Waals surface area contributed by atoms with Crippen LogP contribution in [0.15, 0.2) is 31.0 Å². The van der Waals surface area contributed by atoms with Gasteiger partial charge in [0.15, 0.2) is 0 Å². The van der Waals surface area contributed by atoms with Crippen molar-refractivity contribution in [2.75, 3.05) is 0 Å². The smallest absolute Gasteiger partial charge is 0.115 e. The number of rotatable bonds is 2. The molecule has 1 unspecified atom stereocenters. The molecule has 0 amide bonds. The van der Waals surface area contributed by atoms with Crippen LogP contribution in [0.5, 0.6) is 0 Å². The van der Waals surface area contributed by atoms with Gasteiger partial charge in [-0.25, -0.2) is 9.97 Å². The van der Waals surface area contributed by atoms with Crippen molar-refractivity contribution < 1.29 is 0 Å². The lowest BCUT2D eigenvalue weighted by molar-refractivity contribution is 0.670. The van der Waals surface area contributed by atoms with Gasteiger partial charge in [0, 0.05) is 31.2 Å². The van der Waals surface area contributed by atoms with Crippen LogP contribution >= 0.6 is 0 Å². The van der Waals surface area contributed by atoms with Crippen LogP contribution in [-0.4, -0.2) is 19.7 Å². The van der Waals surface area contributed by atoms with E-state index >= 15 is 0 Å². The Kier molecular flexibility index (Phi) is 2.24. The van der Waals surface area contributed by atoms with E-state index in [-0.39, 0.29) is 6.04 Å². The minimum atomic E-state index is -0.219. The first-order valence-corrected chi connectivity index (χ1v) is 4.27. The lowest BCUT2D eigenvalue weighted by atomic mass is 10.1. The summed E-state index contributed by atoms with van der Waals surface area (Å²) in [5.74, 6) is 0. The van der Waals surface area contributed by atoms with Gasteiger partial charge in [-0.15, -0.1) is 0 Å². The topological polar surface area (TPSA) is 69.6 Å². The summed E-state index contributed by atoms with van der Waals surface area (Å²) in [4.78, 5) is 7.85. The molecule has 0 aliphatic carbocycles. The van der Waals surface area contributed by atoms with Crippen molar-refractivity contribution in [3.63, 3.8) is 0 Å². The van der Waals surface area contributed by atoms with E-state index in [2.05, 4.69) is 15.1 Å². The molecule has 5 nitrogen and oxygen atoms in total. The van der Waals surface area contributed by atoms with Gasteiger partial charge in [-0.1, -0.05) is 0 Å². The van der Waals surface area contributed by atoms with Crippen molar-refractivity contribution in [1.29, 1.82) is 0 Å². The van der Waals surface area contributed by atoms with Gasteiger partial charge < -0.3 is 5.73 Å². The average molecular weight is 189 g/mol. The van der Waals surface area contributed by atoms with Crippen LogP contribution in [0.2, 0.25) is 0 Å². The summed E-state index contributed by atoms with van der Waals surface area (Å²) in [5, 5.41) is 4.06. The lowest BCUT2D eigenvalue weighted by Gasteiger charge is -2.10. The van der Waals surface area contributed by atoms with Gasteiger partial charge in [0.05, 0.1) is 11.7 Å². The third kappa shape index (κ3) is 1.49. The Bertz CT molecular complexity index is 408. The minimum Gasteiger partial charge on any atom is -0.319 e. The second kappa shape index (κ2) is 3.55. The zero-order valence-electron chi connectivity index (χ0n) is 7.83. The zero-order chi connectivity index (χ0) is 9.97. The Morgan fingerprint density at radius 2 is 2.07 bits per heavy atom. The van der Waals surface area contributed by atoms with E-state index in [1.54, 1.807) is 23.3 Å². The van der Waals surface area contributed by atoms with Gasteiger partial charge in [-0.05, 0) is 6.07 Å². The predicted molar refractivity (Wildman–Crippen MR) is 51.3 cm³/mol. The maximum absolute atomic E-state index is 6.02. The minimum absolute atomic E-state index is 0.219. The molecule has 2 aromatic rings. The van der Waals surface area contributed by atoms with Crippen LogP contribution in [0.25, 0.3) is 0 Å². The van der Waals surface area contributed by atoms with E-state index in [4.69, 9.17) is 5.73 Å². The molecule has 14 heavy (non-hydrogen) atoms. The number of nitrogens with zero attached hydrogens (tertiary/aromatic N) is 4. The molecule has 72 valence electrons. The first-order valence-electron chi connectivity index (χ1n) is 4.27. The van der Waals surface area contributed by atoms with Gasteiger partial charge in [0.1, 0.15) is 6.33 Å². The first kappa shape index (κ1) is 8.83. The molecular weight excluding hydrogens is 178 g/mol. The third-order valence-corrected chi connectivity index (χ3v) is 2.12. The quantitative estimate of drug-likeness (QED) is 0.735. The van der Waals surface area contributed by atoms with Crippen molar-refractivity contribution in [2.45, 2.75) is 6.04 Å². The van der Waals surface area contributed by atoms with Crippen molar-refractivity contribution in [3.05, 3.63) is 42.2 Å². The Morgan fingerprint density at radius 1 is 1.36 bits per heavy atom. The highest BCUT2D eigenvalue weighted by atomic mass is 15.3. The van der Waals surface area contributed by atoms with Crippen LogP contribution in [0, 0.1) is 0 Å². The van der Waals surface area contributed by atoms with E-state index in [0.29, 0.717) is 0 Å². The fraction of sp³-hybridized carbons (Fsp3) is 0.222. The van der Waals surface area contributed by atoms with Gasteiger partial charge in [-0.2, -0.15) is 5.10 Å². The van der Waals surface area contributed by atoms with E-state index in [1.807, 2.05) is 13.1 Å². The van der Waals surface area contributed by atoms with Crippen molar-refractivity contribution >= 4 is 0 Å². The highest BCUT2D eigenvalue weighted by Gasteiger charge is 2.12. The summed E-state index contributed by atoms with van der Waals surface area (Å²) < 4.78 is 1.75. The van der Waals surface area contributed by atoms with E-state index in [1.165, 1.54) is 6.33 Å². The van der Waals surface area contributed by atoms with Gasteiger partial charge in [0.2, 0.25) is 0 Å². The summed E-state index contributed by atoms with van der Waals surface area (Å²) in [5.41, 5.74) is 7.85. The molecule has 0 saturated heterocycles. The maximum Gasteiger partial charge on any atom is 0.115 e. The summed E-state index contributed by atoms with van der Waals surface area (Å²) in [7, 11) is 1.86. The standard InChI is InChI=1S/C9H11N5/c1-14-8(2-3-13-14)9(10)7-4-11-6-12-5-7/h2-6,9H,10H2,1H3. The summed E-state index contributed by atoms with van der Waals surface area (Å²) in [6.07, 6.45) is 6.63. The highest BCUT2D eigenvalue weighted by Crippen LogP contribution is 2.16. The molecule has 0 aliphatic heterocycles. The fourth-order valence-electron chi connectivity index (χ4n) is 1.33. The molecule has 0 radical (unpaired) electrons. The molecule has 2 heterocycles. The van der Waals surface area contributed by atoms with E-state index in [0.717, 1.165) is 11.3 Å². The van der Waals surface area contributed by atoms with Crippen LogP contribution in [-0.2, 0) is 7.05 Å². The highest BCUT2D eigenvalue weighted by molar-refractivity contribution is 5.21. The predicted octanol–water partition coefficient (Wildman–Crippen LogP) is 0.258. The lowest BCUT2D eigenvalue weighted by Crippen LogP contribution is -2.16. The monoisotopic (exact) mass is 189 g/mol. The van der Waals surface area contributed by atoms with Crippen molar-refractivity contribution in [3.8, 4) is 0 Å². The van der Waals surface area contributed by atoms with Gasteiger partial charge >= 0.3 is 0 Å². The third-order valence-electron chi connectivity index (χ3n) is 2.12. The molecule has 2 aromatic heterocycles. The van der Waals surface area contributed by atoms with Gasteiger partial charge in [-0.3, -0.25) is 4.68 Å². The Morgan fingerprint density at radius 3 is 2.64 bits per heavy atom. The van der Waals surface area contributed by atoms with Crippen LogP contribution in [0.1, 0.15) is 17.3 Å². The van der Waals surface area contributed by atoms with Crippen LogP contribution in [0.4, 0.5) is 0 Å². The van der Waals surface area contributed by atoms with Crippen molar-refractivity contribution in [2.24, 2.45) is 12.8 Å². The molecular formula is C9H11N5. The van der Waals surface area contributed by atoms with Crippen molar-refractivity contribution in [1.82, 2.24) is 19.7 Å².